The van der Waals surface area contributed by atoms with Crippen molar-refractivity contribution in [2.75, 3.05) is 13.6 Å². The number of carbonyl (C=O) groups is 1. The first kappa shape index (κ1) is 23.3. The maximum absolute atomic E-state index is 10.7. The fraction of sp³-hybridized carbons (Fsp3) is 0.944. The molecular weight excluding hydrogens is 310 g/mol. The van der Waals surface area contributed by atoms with Gasteiger partial charge in [0.25, 0.3) is 0 Å². The Morgan fingerprint density at radius 1 is 1.17 bits per heavy atom. The predicted octanol–water partition coefficient (Wildman–Crippen LogP) is 1.86. The number of hydrogen-bond acceptors (Lipinski definition) is 5. The molecule has 0 aromatic rings. The molecule has 5 atom stereocenters. The lowest BCUT2D eigenvalue weighted by molar-refractivity contribution is -0.141. The zero-order valence-corrected chi connectivity index (χ0v) is 15.9. The van der Waals surface area contributed by atoms with Gasteiger partial charge >= 0.3 is 5.97 Å². The van der Waals surface area contributed by atoms with Crippen molar-refractivity contribution in [3.8, 4) is 0 Å². The summed E-state index contributed by atoms with van der Waals surface area (Å²) in [5, 5.41) is 39.5. The van der Waals surface area contributed by atoms with Crippen LogP contribution in [0, 0.1) is 5.92 Å². The van der Waals surface area contributed by atoms with E-state index in [0.29, 0.717) is 38.6 Å². The predicted molar refractivity (Wildman–Crippen MR) is 94.9 cm³/mol. The van der Waals surface area contributed by atoms with Crippen molar-refractivity contribution in [2.45, 2.75) is 90.1 Å². The summed E-state index contributed by atoms with van der Waals surface area (Å²) in [6.07, 6.45) is 2.40. The highest BCUT2D eigenvalue weighted by atomic mass is 16.4. The first-order chi connectivity index (χ1) is 11.0. The second-order valence-electron chi connectivity index (χ2n) is 7.39. The lowest BCUT2D eigenvalue weighted by atomic mass is 9.89. The van der Waals surface area contributed by atoms with Gasteiger partial charge in [-0.25, -0.2) is 0 Å². The van der Waals surface area contributed by atoms with Crippen LogP contribution in [-0.4, -0.2) is 68.7 Å². The van der Waals surface area contributed by atoms with Gasteiger partial charge in [-0.3, -0.25) is 4.79 Å². The SMILES string of the molecule is CCCC(C)(O)C(O)C(C)N(C)CCC(O)CCCC(C)C(=O)O. The van der Waals surface area contributed by atoms with Crippen molar-refractivity contribution in [1.29, 1.82) is 0 Å². The summed E-state index contributed by atoms with van der Waals surface area (Å²) in [5.41, 5.74) is -1.12. The van der Waals surface area contributed by atoms with Crippen LogP contribution >= 0.6 is 0 Å². The van der Waals surface area contributed by atoms with E-state index in [0.717, 1.165) is 6.42 Å². The van der Waals surface area contributed by atoms with E-state index in [4.69, 9.17) is 5.11 Å². The van der Waals surface area contributed by atoms with E-state index in [9.17, 15) is 20.1 Å². The highest BCUT2D eigenvalue weighted by Gasteiger charge is 2.35. The number of hydrogen-bond donors (Lipinski definition) is 4. The maximum atomic E-state index is 10.7. The molecule has 0 saturated heterocycles. The summed E-state index contributed by atoms with van der Waals surface area (Å²) in [6.45, 7) is 7.78. The minimum absolute atomic E-state index is 0.217. The molecule has 0 saturated carbocycles. The molecule has 0 bridgehead atoms. The summed E-state index contributed by atoms with van der Waals surface area (Å²) in [4.78, 5) is 12.7. The number of aliphatic carboxylic acids is 1. The number of nitrogens with zero attached hydrogens (tertiary/aromatic N) is 1. The molecule has 6 heteroatoms. The Morgan fingerprint density at radius 3 is 2.25 bits per heavy atom. The Morgan fingerprint density at radius 2 is 1.75 bits per heavy atom. The first-order valence-electron chi connectivity index (χ1n) is 9.04. The number of carboxylic acids is 1. The van der Waals surface area contributed by atoms with Crippen molar-refractivity contribution in [2.24, 2.45) is 5.92 Å². The van der Waals surface area contributed by atoms with E-state index in [1.165, 1.54) is 0 Å². The minimum atomic E-state index is -1.12. The normalized spacial score (nSPS) is 19.5. The van der Waals surface area contributed by atoms with E-state index in [-0.39, 0.29) is 12.0 Å². The van der Waals surface area contributed by atoms with Crippen molar-refractivity contribution in [1.82, 2.24) is 4.90 Å². The fourth-order valence-electron chi connectivity index (χ4n) is 2.90. The Hall–Kier alpha value is -0.690. The molecule has 0 rings (SSSR count). The van der Waals surface area contributed by atoms with Crippen molar-refractivity contribution in [3.05, 3.63) is 0 Å². The van der Waals surface area contributed by atoms with E-state index >= 15 is 0 Å². The van der Waals surface area contributed by atoms with Gasteiger partial charge in [-0.05, 0) is 46.6 Å². The van der Waals surface area contributed by atoms with Crippen LogP contribution in [0.1, 0.15) is 66.2 Å². The van der Waals surface area contributed by atoms with Gasteiger partial charge < -0.3 is 25.3 Å². The average molecular weight is 347 g/mol. The average Bonchev–Trinajstić information content (AvgIpc) is 2.50. The molecule has 0 aromatic heterocycles. The summed E-state index contributed by atoms with van der Waals surface area (Å²) in [5.74, 6) is -1.18. The second-order valence-corrected chi connectivity index (χ2v) is 7.39. The third-order valence-electron chi connectivity index (χ3n) is 4.96. The lowest BCUT2D eigenvalue weighted by Gasteiger charge is -2.37. The topological polar surface area (TPSA) is 101 Å². The van der Waals surface area contributed by atoms with Crippen LogP contribution in [0.3, 0.4) is 0 Å². The van der Waals surface area contributed by atoms with E-state index in [1.807, 2.05) is 25.8 Å². The molecule has 6 nitrogen and oxygen atoms in total. The highest BCUT2D eigenvalue weighted by molar-refractivity contribution is 5.69. The summed E-state index contributed by atoms with van der Waals surface area (Å²) < 4.78 is 0. The monoisotopic (exact) mass is 347 g/mol. The number of carboxylic acid groups (broad SMARTS) is 1. The Labute approximate surface area is 146 Å². The maximum Gasteiger partial charge on any atom is 0.306 e. The molecule has 0 aliphatic heterocycles. The van der Waals surface area contributed by atoms with Crippen molar-refractivity contribution < 1.29 is 25.2 Å². The summed E-state index contributed by atoms with van der Waals surface area (Å²) in [7, 11) is 1.87. The summed E-state index contributed by atoms with van der Waals surface area (Å²) in [6, 6.07) is -0.217. The van der Waals surface area contributed by atoms with Crippen LogP contribution in [0.4, 0.5) is 0 Å². The molecule has 5 unspecified atom stereocenters. The number of rotatable bonds is 13. The van der Waals surface area contributed by atoms with Gasteiger partial charge in [0.2, 0.25) is 0 Å². The van der Waals surface area contributed by atoms with Gasteiger partial charge in [0.05, 0.1) is 23.7 Å². The largest absolute Gasteiger partial charge is 0.481 e. The molecule has 0 spiro atoms. The molecule has 0 amide bonds. The molecule has 4 N–H and O–H groups in total. The smallest absolute Gasteiger partial charge is 0.306 e. The summed E-state index contributed by atoms with van der Waals surface area (Å²) >= 11 is 0. The van der Waals surface area contributed by atoms with Gasteiger partial charge in [0.15, 0.2) is 0 Å². The molecule has 0 aliphatic carbocycles. The molecule has 0 heterocycles. The van der Waals surface area contributed by atoms with Crippen molar-refractivity contribution in [3.63, 3.8) is 0 Å². The third kappa shape index (κ3) is 8.42. The number of aliphatic hydroxyl groups is 3. The number of aliphatic hydroxyl groups excluding tert-OH is 2. The standard InChI is InChI=1S/C18H37NO5/c1-6-11-18(4,24)16(21)14(3)19(5)12-10-15(20)9-7-8-13(2)17(22)23/h13-16,20-21,24H,6-12H2,1-5H3,(H,22,23). The number of likely N-dealkylation sites (N-methyl/N-ethyl adjacent to an activating group) is 1. The van der Waals surface area contributed by atoms with Crippen molar-refractivity contribution >= 4 is 5.97 Å². The zero-order chi connectivity index (χ0) is 18.9. The van der Waals surface area contributed by atoms with Crippen LogP contribution in [0.5, 0.6) is 0 Å². The van der Waals surface area contributed by atoms with Gasteiger partial charge in [0, 0.05) is 12.6 Å². The van der Waals surface area contributed by atoms with Crippen LogP contribution in [-0.2, 0) is 4.79 Å². The van der Waals surface area contributed by atoms with Gasteiger partial charge in [0.1, 0.15) is 0 Å². The van der Waals surface area contributed by atoms with Gasteiger partial charge in [-0.2, -0.15) is 0 Å². The third-order valence-corrected chi connectivity index (χ3v) is 4.96. The van der Waals surface area contributed by atoms with Gasteiger partial charge in [-0.15, -0.1) is 0 Å². The molecule has 0 radical (unpaired) electrons. The van der Waals surface area contributed by atoms with E-state index < -0.39 is 23.8 Å². The fourth-order valence-corrected chi connectivity index (χ4v) is 2.90. The quantitative estimate of drug-likeness (QED) is 0.406. The molecule has 0 aromatic carbocycles. The highest BCUT2D eigenvalue weighted by Crippen LogP contribution is 2.22. The Balaban J connectivity index is 4.18. The molecule has 144 valence electrons. The van der Waals surface area contributed by atoms with Crippen LogP contribution in [0.25, 0.3) is 0 Å². The Bertz CT molecular complexity index is 361. The van der Waals surface area contributed by atoms with Gasteiger partial charge in [-0.1, -0.05) is 26.7 Å². The molecular formula is C18H37NO5. The second kappa shape index (κ2) is 11.0. The van der Waals surface area contributed by atoms with Crippen LogP contribution in [0.15, 0.2) is 0 Å². The zero-order valence-electron chi connectivity index (χ0n) is 15.9. The lowest BCUT2D eigenvalue weighted by Crippen LogP contribution is -2.52. The minimum Gasteiger partial charge on any atom is -0.481 e. The van der Waals surface area contributed by atoms with E-state index in [1.54, 1.807) is 13.8 Å². The first-order valence-corrected chi connectivity index (χ1v) is 9.04. The van der Waals surface area contributed by atoms with E-state index in [2.05, 4.69) is 0 Å². The Kier molecular flexibility index (Phi) is 10.7. The van der Waals surface area contributed by atoms with Crippen LogP contribution in [0.2, 0.25) is 0 Å². The van der Waals surface area contributed by atoms with Crippen LogP contribution < -0.4 is 0 Å². The molecule has 24 heavy (non-hydrogen) atoms. The molecule has 0 aliphatic rings. The molecule has 0 fully saturated rings.